The van der Waals surface area contributed by atoms with E-state index in [1.807, 2.05) is 12.1 Å². The largest absolute Gasteiger partial charge is 0.368 e. The summed E-state index contributed by atoms with van der Waals surface area (Å²) in [6.45, 7) is 4.05. The lowest BCUT2D eigenvalue weighted by Crippen LogP contribution is -2.41. The molecule has 94 valence electrons. The minimum Gasteiger partial charge on any atom is -0.368 e. The molecule has 1 atom stereocenters. The lowest BCUT2D eigenvalue weighted by Gasteiger charge is -2.38. The van der Waals surface area contributed by atoms with Gasteiger partial charge in [0.1, 0.15) is 0 Å². The predicted molar refractivity (Wildman–Crippen MR) is 74.8 cm³/mol. The second-order valence-corrected chi connectivity index (χ2v) is 5.29. The monoisotopic (exact) mass is 252 g/mol. The summed E-state index contributed by atoms with van der Waals surface area (Å²) in [7, 11) is 0. The number of piperidine rings is 1. The molecule has 1 aliphatic heterocycles. The highest BCUT2D eigenvalue weighted by Crippen LogP contribution is 2.30. The third kappa shape index (κ3) is 2.93. The van der Waals surface area contributed by atoms with Crippen molar-refractivity contribution in [3.05, 3.63) is 28.8 Å². The third-order valence-electron chi connectivity index (χ3n) is 3.60. The van der Waals surface area contributed by atoms with Gasteiger partial charge in [-0.05, 0) is 62.9 Å². The fraction of sp³-hybridized carbons (Fsp3) is 0.571. The number of halogens is 1. The summed E-state index contributed by atoms with van der Waals surface area (Å²) < 4.78 is 0. The fourth-order valence-corrected chi connectivity index (χ4v) is 2.98. The zero-order valence-corrected chi connectivity index (χ0v) is 11.2. The van der Waals surface area contributed by atoms with Gasteiger partial charge < -0.3 is 10.6 Å². The Morgan fingerprint density at radius 3 is 2.94 bits per heavy atom. The molecule has 0 radical (unpaired) electrons. The van der Waals surface area contributed by atoms with Gasteiger partial charge in [0.2, 0.25) is 0 Å². The van der Waals surface area contributed by atoms with Crippen LogP contribution in [0.25, 0.3) is 0 Å². The predicted octanol–water partition coefficient (Wildman–Crippen LogP) is 3.36. The first-order chi connectivity index (χ1) is 8.22. The molecule has 1 fully saturated rings. The molecule has 3 heteroatoms. The summed E-state index contributed by atoms with van der Waals surface area (Å²) in [5, 5.41) is 0.818. The molecule has 1 heterocycles. The van der Waals surface area contributed by atoms with E-state index in [1.54, 1.807) is 0 Å². The number of aryl methyl sites for hydroxylation is 1. The van der Waals surface area contributed by atoms with Gasteiger partial charge in [-0.15, -0.1) is 0 Å². The van der Waals surface area contributed by atoms with E-state index >= 15 is 0 Å². The molecule has 2 nitrogen and oxygen atoms in total. The molecule has 0 aromatic heterocycles. The molecular weight excluding hydrogens is 232 g/mol. The van der Waals surface area contributed by atoms with Gasteiger partial charge in [0.05, 0.1) is 0 Å². The van der Waals surface area contributed by atoms with Crippen LogP contribution >= 0.6 is 11.6 Å². The van der Waals surface area contributed by atoms with Crippen LogP contribution in [0.15, 0.2) is 18.2 Å². The highest BCUT2D eigenvalue weighted by atomic mass is 35.5. The van der Waals surface area contributed by atoms with E-state index in [0.717, 1.165) is 24.5 Å². The minimum atomic E-state index is 0.605. The van der Waals surface area contributed by atoms with Crippen LogP contribution in [0.1, 0.15) is 31.2 Å². The molecule has 0 spiro atoms. The smallest absolute Gasteiger partial charge is 0.0410 e. The van der Waals surface area contributed by atoms with Gasteiger partial charge in [0.25, 0.3) is 0 Å². The topological polar surface area (TPSA) is 29.3 Å². The Morgan fingerprint density at radius 1 is 1.41 bits per heavy atom. The van der Waals surface area contributed by atoms with Gasteiger partial charge in [-0.2, -0.15) is 0 Å². The highest BCUT2D eigenvalue weighted by Gasteiger charge is 2.22. The maximum Gasteiger partial charge on any atom is 0.0410 e. The lowest BCUT2D eigenvalue weighted by molar-refractivity contribution is 0.441. The standard InChI is InChI=1S/C14H21ClN2/c1-11-10-12(15)5-6-14(11)17-9-3-2-4-13(17)7-8-16/h5-6,10,13H,2-4,7-9,16H2,1H3. The van der Waals surface area contributed by atoms with E-state index < -0.39 is 0 Å². The molecule has 2 rings (SSSR count). The molecule has 1 unspecified atom stereocenters. The average Bonchev–Trinajstić information content (AvgIpc) is 2.31. The quantitative estimate of drug-likeness (QED) is 0.894. The lowest BCUT2D eigenvalue weighted by atomic mass is 9.97. The van der Waals surface area contributed by atoms with Gasteiger partial charge >= 0.3 is 0 Å². The summed E-state index contributed by atoms with van der Waals surface area (Å²) in [6, 6.07) is 6.78. The minimum absolute atomic E-state index is 0.605. The maximum absolute atomic E-state index is 6.01. The SMILES string of the molecule is Cc1cc(Cl)ccc1N1CCCCC1CCN. The molecule has 1 aliphatic rings. The molecule has 1 saturated heterocycles. The highest BCUT2D eigenvalue weighted by molar-refractivity contribution is 6.30. The van der Waals surface area contributed by atoms with Gasteiger partial charge in [-0.3, -0.25) is 0 Å². The first-order valence-electron chi connectivity index (χ1n) is 6.45. The Kier molecular flexibility index (Phi) is 4.30. The van der Waals surface area contributed by atoms with E-state index in [9.17, 15) is 0 Å². The van der Waals surface area contributed by atoms with Gasteiger partial charge in [0.15, 0.2) is 0 Å². The van der Waals surface area contributed by atoms with Crippen LogP contribution in [0.4, 0.5) is 5.69 Å². The number of nitrogens with zero attached hydrogens (tertiary/aromatic N) is 1. The van der Waals surface area contributed by atoms with E-state index in [2.05, 4.69) is 17.9 Å². The fourth-order valence-electron chi connectivity index (χ4n) is 2.75. The number of nitrogens with two attached hydrogens (primary N) is 1. The summed E-state index contributed by atoms with van der Waals surface area (Å²) in [4.78, 5) is 2.52. The molecule has 0 saturated carbocycles. The first kappa shape index (κ1) is 12.7. The summed E-state index contributed by atoms with van der Waals surface area (Å²) in [5.74, 6) is 0. The van der Waals surface area contributed by atoms with Crippen molar-refractivity contribution >= 4 is 17.3 Å². The van der Waals surface area contributed by atoms with Gasteiger partial charge in [-0.1, -0.05) is 11.6 Å². The van der Waals surface area contributed by atoms with Crippen molar-refractivity contribution in [2.75, 3.05) is 18.0 Å². The molecule has 0 amide bonds. The van der Waals surface area contributed by atoms with Crippen molar-refractivity contribution in [3.63, 3.8) is 0 Å². The average molecular weight is 253 g/mol. The number of anilines is 1. The molecule has 1 aromatic rings. The maximum atomic E-state index is 6.01. The molecule has 17 heavy (non-hydrogen) atoms. The van der Waals surface area contributed by atoms with Crippen molar-refractivity contribution in [3.8, 4) is 0 Å². The Bertz CT molecular complexity index is 376. The van der Waals surface area contributed by atoms with E-state index in [0.29, 0.717) is 6.04 Å². The van der Waals surface area contributed by atoms with Crippen molar-refractivity contribution < 1.29 is 0 Å². The third-order valence-corrected chi connectivity index (χ3v) is 3.83. The van der Waals surface area contributed by atoms with E-state index in [-0.39, 0.29) is 0 Å². The van der Waals surface area contributed by atoms with E-state index in [1.165, 1.54) is 30.5 Å². The van der Waals surface area contributed by atoms with Crippen molar-refractivity contribution in [1.82, 2.24) is 0 Å². The van der Waals surface area contributed by atoms with Crippen LogP contribution in [-0.4, -0.2) is 19.1 Å². The molecule has 1 aromatic carbocycles. The molecule has 0 bridgehead atoms. The molecular formula is C14H21ClN2. The second-order valence-electron chi connectivity index (χ2n) is 4.85. The van der Waals surface area contributed by atoms with Crippen LogP contribution < -0.4 is 10.6 Å². The number of hydrogen-bond acceptors (Lipinski definition) is 2. The Hall–Kier alpha value is -0.730. The van der Waals surface area contributed by atoms with Crippen LogP contribution in [-0.2, 0) is 0 Å². The Balaban J connectivity index is 2.23. The Labute approximate surface area is 109 Å². The van der Waals surface area contributed by atoms with Crippen molar-refractivity contribution in [2.45, 2.75) is 38.6 Å². The van der Waals surface area contributed by atoms with Crippen LogP contribution in [0.5, 0.6) is 0 Å². The summed E-state index contributed by atoms with van der Waals surface area (Å²) in [5.41, 5.74) is 8.31. The van der Waals surface area contributed by atoms with Crippen LogP contribution in [0.2, 0.25) is 5.02 Å². The summed E-state index contributed by atoms with van der Waals surface area (Å²) in [6.07, 6.45) is 4.96. The number of benzene rings is 1. The zero-order chi connectivity index (χ0) is 12.3. The first-order valence-corrected chi connectivity index (χ1v) is 6.83. The van der Waals surface area contributed by atoms with Crippen molar-refractivity contribution in [2.24, 2.45) is 5.73 Å². The molecule has 2 N–H and O–H groups in total. The van der Waals surface area contributed by atoms with E-state index in [4.69, 9.17) is 17.3 Å². The number of rotatable bonds is 3. The molecule has 0 aliphatic carbocycles. The second kappa shape index (κ2) is 5.74. The summed E-state index contributed by atoms with van der Waals surface area (Å²) >= 11 is 6.01. The Morgan fingerprint density at radius 2 is 2.24 bits per heavy atom. The number of hydrogen-bond donors (Lipinski definition) is 1. The normalized spacial score (nSPS) is 20.6. The van der Waals surface area contributed by atoms with Gasteiger partial charge in [0, 0.05) is 23.3 Å². The van der Waals surface area contributed by atoms with Crippen LogP contribution in [0, 0.1) is 6.92 Å². The van der Waals surface area contributed by atoms with Gasteiger partial charge in [-0.25, -0.2) is 0 Å². The zero-order valence-electron chi connectivity index (χ0n) is 10.5. The van der Waals surface area contributed by atoms with Crippen LogP contribution in [0.3, 0.4) is 0 Å². The van der Waals surface area contributed by atoms with Crippen molar-refractivity contribution in [1.29, 1.82) is 0 Å².